The van der Waals surface area contributed by atoms with Crippen LogP contribution in [0.2, 0.25) is 0 Å². The number of nitrogens with one attached hydrogen (secondary N) is 1. The summed E-state index contributed by atoms with van der Waals surface area (Å²) in [4.78, 5) is 37.3. The number of likely N-dealkylation sites (tertiary alicyclic amines) is 1. The van der Waals surface area contributed by atoms with Crippen molar-refractivity contribution < 1.29 is 9.00 Å². The van der Waals surface area contributed by atoms with Gasteiger partial charge in [-0.2, -0.15) is 4.98 Å². The Bertz CT molecular complexity index is 1660. The van der Waals surface area contributed by atoms with Crippen LogP contribution in [0.5, 0.6) is 0 Å². The number of benzene rings is 2. The number of rotatable bonds is 5. The molecule has 2 aromatic carbocycles. The summed E-state index contributed by atoms with van der Waals surface area (Å²) in [6.07, 6.45) is 4.37. The lowest BCUT2D eigenvalue weighted by Crippen LogP contribution is -2.43. The van der Waals surface area contributed by atoms with Crippen molar-refractivity contribution in [3.8, 4) is 0 Å². The van der Waals surface area contributed by atoms with Gasteiger partial charge in [0.1, 0.15) is 10.8 Å². The Hall–Kier alpha value is -3.57. The van der Waals surface area contributed by atoms with Crippen molar-refractivity contribution in [1.82, 2.24) is 29.6 Å². The van der Waals surface area contributed by atoms with Crippen LogP contribution in [-0.2, 0) is 15.6 Å². The SMILES string of the molecule is Cc1ccc(S(=O)c2n[nH]n3c2nc(=O)c2ccc(N4CCCN(CC(=O)N5CCCCC5)CC4)cc23)c(C)c1. The Morgan fingerprint density at radius 2 is 1.77 bits per heavy atom. The van der Waals surface area contributed by atoms with E-state index in [9.17, 15) is 13.8 Å². The van der Waals surface area contributed by atoms with Crippen LogP contribution < -0.4 is 10.5 Å². The van der Waals surface area contributed by atoms with Crippen molar-refractivity contribution in [3.63, 3.8) is 0 Å². The Kier molecular flexibility index (Phi) is 7.41. The van der Waals surface area contributed by atoms with Gasteiger partial charge in [0.25, 0.3) is 5.56 Å². The number of fused-ring (bicyclic) bond motifs is 3. The van der Waals surface area contributed by atoms with E-state index in [1.165, 1.54) is 6.42 Å². The van der Waals surface area contributed by atoms with Crippen LogP contribution in [0, 0.1) is 13.8 Å². The van der Waals surface area contributed by atoms with Gasteiger partial charge in [-0.25, -0.2) is 13.9 Å². The van der Waals surface area contributed by atoms with E-state index in [1.807, 2.05) is 49.1 Å². The summed E-state index contributed by atoms with van der Waals surface area (Å²) in [5.41, 5.74) is 3.51. The molecule has 4 aromatic rings. The summed E-state index contributed by atoms with van der Waals surface area (Å²) in [5.74, 6) is 0.237. The maximum Gasteiger partial charge on any atom is 0.281 e. The van der Waals surface area contributed by atoms with E-state index in [2.05, 4.69) is 25.1 Å². The molecule has 210 valence electrons. The number of aromatic amines is 1. The third kappa shape index (κ3) is 5.15. The number of hydrogen-bond donors (Lipinski definition) is 1. The minimum Gasteiger partial charge on any atom is -0.370 e. The number of carbonyl (C=O) groups is 1. The van der Waals surface area contributed by atoms with E-state index in [4.69, 9.17) is 0 Å². The molecule has 1 unspecified atom stereocenters. The maximum absolute atomic E-state index is 13.5. The highest BCUT2D eigenvalue weighted by Crippen LogP contribution is 2.26. The molecular formula is C29H35N7O3S. The van der Waals surface area contributed by atoms with Crippen molar-refractivity contribution >= 4 is 38.9 Å². The first-order valence-corrected chi connectivity index (χ1v) is 15.2. The zero-order chi connectivity index (χ0) is 27.8. The molecule has 40 heavy (non-hydrogen) atoms. The third-order valence-corrected chi connectivity index (χ3v) is 9.52. The van der Waals surface area contributed by atoms with Crippen LogP contribution in [0.1, 0.15) is 36.8 Å². The first kappa shape index (κ1) is 26.6. The van der Waals surface area contributed by atoms with Gasteiger partial charge in [-0.05, 0) is 69.4 Å². The lowest BCUT2D eigenvalue weighted by atomic mass is 10.1. The summed E-state index contributed by atoms with van der Waals surface area (Å²) in [6, 6.07) is 11.5. The molecule has 0 aliphatic carbocycles. The number of hydrogen-bond acceptors (Lipinski definition) is 7. The fraction of sp³-hybridized carbons (Fsp3) is 0.448. The molecule has 2 aliphatic rings. The highest BCUT2D eigenvalue weighted by Gasteiger charge is 2.23. The molecule has 1 amide bonds. The van der Waals surface area contributed by atoms with E-state index < -0.39 is 10.8 Å². The largest absolute Gasteiger partial charge is 0.370 e. The summed E-state index contributed by atoms with van der Waals surface area (Å²) in [7, 11) is -1.60. The van der Waals surface area contributed by atoms with Crippen molar-refractivity contribution in [2.24, 2.45) is 0 Å². The molecular weight excluding hydrogens is 526 g/mol. The zero-order valence-corrected chi connectivity index (χ0v) is 23.9. The highest BCUT2D eigenvalue weighted by atomic mass is 32.2. The first-order chi connectivity index (χ1) is 19.4. The lowest BCUT2D eigenvalue weighted by Gasteiger charge is -2.29. The molecule has 2 saturated heterocycles. The Balaban J connectivity index is 1.25. The van der Waals surface area contributed by atoms with E-state index in [0.29, 0.717) is 22.3 Å². The molecule has 2 aliphatic heterocycles. The van der Waals surface area contributed by atoms with E-state index in [-0.39, 0.29) is 22.1 Å². The summed E-state index contributed by atoms with van der Waals surface area (Å²) >= 11 is 0. The minimum absolute atomic E-state index is 0.236. The predicted octanol–water partition coefficient (Wildman–Crippen LogP) is 2.88. The van der Waals surface area contributed by atoms with Gasteiger partial charge in [-0.15, -0.1) is 5.10 Å². The van der Waals surface area contributed by atoms with Gasteiger partial charge in [0, 0.05) is 49.9 Å². The standard InChI is InChI=1S/C29H35N7O3S/c1-20-7-10-25(21(2)17-20)40(39)29-27-30-28(38)23-9-8-22(18-24(23)36(27)32-31-29)34-14-6-11-33(15-16-34)19-26(37)35-12-4-3-5-13-35/h7-10,17-18,32H,3-6,11-16,19H2,1-2H3. The molecule has 0 saturated carbocycles. The fourth-order valence-electron chi connectivity index (χ4n) is 5.85. The van der Waals surface area contributed by atoms with E-state index >= 15 is 0 Å². The predicted molar refractivity (Wildman–Crippen MR) is 155 cm³/mol. The number of nitrogens with zero attached hydrogens (tertiary/aromatic N) is 6. The van der Waals surface area contributed by atoms with Gasteiger partial charge >= 0.3 is 0 Å². The Labute approximate surface area is 235 Å². The second kappa shape index (κ2) is 11.1. The van der Waals surface area contributed by atoms with E-state index in [1.54, 1.807) is 10.6 Å². The normalized spacial score (nSPS) is 17.9. The average Bonchev–Trinajstić information content (AvgIpc) is 3.24. The topological polar surface area (TPSA) is 107 Å². The van der Waals surface area contributed by atoms with Gasteiger partial charge in [-0.1, -0.05) is 17.7 Å². The second-order valence-corrected chi connectivity index (χ2v) is 12.3. The van der Waals surface area contributed by atoms with Crippen molar-refractivity contribution in [1.29, 1.82) is 0 Å². The molecule has 4 heterocycles. The molecule has 1 atom stereocenters. The van der Waals surface area contributed by atoms with Crippen LogP contribution in [-0.4, -0.2) is 85.5 Å². The van der Waals surface area contributed by atoms with Gasteiger partial charge in [0.05, 0.1) is 17.4 Å². The molecule has 11 heteroatoms. The number of piperidine rings is 1. The van der Waals surface area contributed by atoms with Crippen molar-refractivity contribution in [3.05, 3.63) is 57.9 Å². The highest BCUT2D eigenvalue weighted by molar-refractivity contribution is 7.85. The van der Waals surface area contributed by atoms with Crippen LogP contribution in [0.15, 0.2) is 51.1 Å². The Morgan fingerprint density at radius 1 is 0.950 bits per heavy atom. The summed E-state index contributed by atoms with van der Waals surface area (Å²) in [6.45, 7) is 9.46. The average molecular weight is 562 g/mol. The number of aromatic nitrogens is 4. The van der Waals surface area contributed by atoms with Gasteiger partial charge in [0.2, 0.25) is 5.91 Å². The molecule has 1 N–H and O–H groups in total. The van der Waals surface area contributed by atoms with Crippen LogP contribution >= 0.6 is 0 Å². The summed E-state index contributed by atoms with van der Waals surface area (Å²) in [5, 5.41) is 7.99. The number of carbonyl (C=O) groups excluding carboxylic acids is 1. The van der Waals surface area contributed by atoms with Crippen LogP contribution in [0.25, 0.3) is 16.6 Å². The van der Waals surface area contributed by atoms with Gasteiger partial charge in [-0.3, -0.25) is 14.5 Å². The second-order valence-electron chi connectivity index (χ2n) is 10.9. The number of aryl methyl sites for hydroxylation is 2. The molecule has 0 radical (unpaired) electrons. The molecule has 10 nitrogen and oxygen atoms in total. The Morgan fingerprint density at radius 3 is 2.58 bits per heavy atom. The molecule has 2 aromatic heterocycles. The monoisotopic (exact) mass is 561 g/mol. The lowest BCUT2D eigenvalue weighted by molar-refractivity contribution is -0.133. The van der Waals surface area contributed by atoms with E-state index in [0.717, 1.165) is 75.3 Å². The smallest absolute Gasteiger partial charge is 0.281 e. The maximum atomic E-state index is 13.5. The van der Waals surface area contributed by atoms with Crippen LogP contribution in [0.3, 0.4) is 0 Å². The molecule has 0 bridgehead atoms. The number of anilines is 1. The fourth-order valence-corrected chi connectivity index (χ4v) is 7.03. The molecule has 6 rings (SSSR count). The quantitative estimate of drug-likeness (QED) is 0.399. The molecule has 0 spiro atoms. The number of amides is 1. The summed E-state index contributed by atoms with van der Waals surface area (Å²) < 4.78 is 15.1. The van der Waals surface area contributed by atoms with Crippen molar-refractivity contribution in [2.45, 2.75) is 49.5 Å². The van der Waals surface area contributed by atoms with Gasteiger partial charge < -0.3 is 9.80 Å². The van der Waals surface area contributed by atoms with Crippen LogP contribution in [0.4, 0.5) is 5.69 Å². The number of H-pyrrole nitrogens is 1. The third-order valence-electron chi connectivity index (χ3n) is 8.04. The minimum atomic E-state index is -1.60. The van der Waals surface area contributed by atoms with Crippen molar-refractivity contribution in [2.75, 3.05) is 50.7 Å². The first-order valence-electron chi connectivity index (χ1n) is 14.0. The van der Waals surface area contributed by atoms with Gasteiger partial charge in [0.15, 0.2) is 10.7 Å². The zero-order valence-electron chi connectivity index (χ0n) is 23.1. The molecule has 2 fully saturated rings.